The van der Waals surface area contributed by atoms with Gasteiger partial charge in [0, 0.05) is 0 Å². The van der Waals surface area contributed by atoms with Crippen molar-refractivity contribution in [3.63, 3.8) is 0 Å². The van der Waals surface area contributed by atoms with Crippen LogP contribution in [0.15, 0.2) is 30.3 Å². The van der Waals surface area contributed by atoms with Crippen LogP contribution >= 0.6 is 0 Å². The van der Waals surface area contributed by atoms with E-state index in [9.17, 15) is 0 Å². The van der Waals surface area contributed by atoms with Crippen molar-refractivity contribution in [2.75, 3.05) is 6.61 Å². The number of ether oxygens (including phenoxy) is 1. The molecule has 0 spiro atoms. The Balaban J connectivity index is -0.000000126. The van der Waals surface area contributed by atoms with Crippen LogP contribution in [0.25, 0.3) is 0 Å². The van der Waals surface area contributed by atoms with Gasteiger partial charge in [-0.05, 0) is 18.4 Å². The Morgan fingerprint density at radius 1 is 0.818 bits per heavy atom. The van der Waals surface area contributed by atoms with Crippen LogP contribution < -0.4 is 0 Å². The Kier molecular flexibility index (Phi) is 42.8. The predicted octanol–water partition coefficient (Wildman–Crippen LogP) is 7.54. The number of hydrogen-bond donors (Lipinski definition) is 0. The molecule has 2 rings (SSSR count). The van der Waals surface area contributed by atoms with Crippen LogP contribution in [-0.4, -0.2) is 12.7 Å². The van der Waals surface area contributed by atoms with Crippen LogP contribution in [-0.2, 0) is 11.2 Å². The first-order valence-electron chi connectivity index (χ1n) is 9.52. The average molecular weight is 313 g/mol. The molecule has 0 saturated carbocycles. The molecule has 0 aliphatic carbocycles. The third-order valence-electron chi connectivity index (χ3n) is 2.00. The Bertz CT molecular complexity index is 227. The second-order valence-corrected chi connectivity index (χ2v) is 3.69. The van der Waals surface area contributed by atoms with Crippen LogP contribution in [0.5, 0.6) is 0 Å². The molecule has 1 fully saturated rings. The molecule has 1 saturated heterocycles. The fraction of sp³-hybridized carbons (Fsp3) is 0.714. The van der Waals surface area contributed by atoms with Crippen LogP contribution in [0.4, 0.5) is 0 Å². The molecule has 22 heavy (non-hydrogen) atoms. The maximum absolute atomic E-state index is 5.13. The molecule has 0 radical (unpaired) electrons. The number of epoxide rings is 1. The van der Waals surface area contributed by atoms with Crippen molar-refractivity contribution in [1.82, 2.24) is 0 Å². The smallest absolute Gasteiger partial charge is 0.0813 e. The van der Waals surface area contributed by atoms with Gasteiger partial charge in [-0.25, -0.2) is 0 Å². The van der Waals surface area contributed by atoms with E-state index in [-0.39, 0.29) is 0 Å². The van der Waals surface area contributed by atoms with Crippen molar-refractivity contribution in [3.05, 3.63) is 35.9 Å². The highest BCUT2D eigenvalue weighted by Crippen LogP contribution is 2.16. The molecular formula is C21H44O. The van der Waals surface area contributed by atoms with Crippen molar-refractivity contribution >= 4 is 0 Å². The summed E-state index contributed by atoms with van der Waals surface area (Å²) in [6.45, 7) is 21.2. The maximum Gasteiger partial charge on any atom is 0.0813 e. The molecule has 1 heteroatoms. The zero-order valence-corrected chi connectivity index (χ0v) is 17.2. The zero-order chi connectivity index (χ0) is 18.2. The van der Waals surface area contributed by atoms with E-state index in [1.54, 1.807) is 0 Å². The Morgan fingerprint density at radius 3 is 1.50 bits per heavy atom. The van der Waals surface area contributed by atoms with Gasteiger partial charge in [-0.15, -0.1) is 0 Å². The molecule has 0 amide bonds. The summed E-state index contributed by atoms with van der Waals surface area (Å²) in [5.41, 5.74) is 1.42. The van der Waals surface area contributed by atoms with E-state index in [0.29, 0.717) is 6.10 Å². The lowest BCUT2D eigenvalue weighted by molar-refractivity contribution is 0.397. The van der Waals surface area contributed by atoms with Crippen LogP contribution in [0.3, 0.4) is 0 Å². The molecule has 1 aromatic carbocycles. The zero-order valence-electron chi connectivity index (χ0n) is 17.2. The van der Waals surface area contributed by atoms with Crippen molar-refractivity contribution < 1.29 is 4.74 Å². The molecular weight excluding hydrogens is 268 g/mol. The molecule has 0 aromatic heterocycles. The molecule has 1 nitrogen and oxygen atoms in total. The second kappa shape index (κ2) is 32.2. The van der Waals surface area contributed by atoms with E-state index < -0.39 is 0 Å². The monoisotopic (exact) mass is 312 g/mol. The Hall–Kier alpha value is -0.820. The van der Waals surface area contributed by atoms with E-state index in [1.165, 1.54) is 18.4 Å². The van der Waals surface area contributed by atoms with Gasteiger partial charge >= 0.3 is 0 Å². The molecule has 1 aromatic rings. The topological polar surface area (TPSA) is 12.5 Å². The molecule has 1 heterocycles. The fourth-order valence-electron chi connectivity index (χ4n) is 1.21. The van der Waals surface area contributed by atoms with Gasteiger partial charge in [-0.2, -0.15) is 0 Å². The average Bonchev–Trinajstić information content (AvgIpc) is 3.46. The molecule has 134 valence electrons. The summed E-state index contributed by atoms with van der Waals surface area (Å²) in [7, 11) is 0. The lowest BCUT2D eigenvalue weighted by Crippen LogP contribution is -1.89. The van der Waals surface area contributed by atoms with Crippen LogP contribution in [0, 0.1) is 0 Å². The Labute approximate surface area is 142 Å². The van der Waals surface area contributed by atoms with Crippen LogP contribution in [0.2, 0.25) is 0 Å². The van der Waals surface area contributed by atoms with Gasteiger partial charge in [0.05, 0.1) is 12.7 Å². The molecule has 1 aliphatic heterocycles. The first kappa shape index (κ1) is 29.2. The fourth-order valence-corrected chi connectivity index (χ4v) is 1.21. The van der Waals surface area contributed by atoms with Gasteiger partial charge in [0.2, 0.25) is 0 Å². The van der Waals surface area contributed by atoms with Gasteiger partial charge in [-0.1, -0.05) is 106 Å². The summed E-state index contributed by atoms with van der Waals surface area (Å²) in [6, 6.07) is 10.6. The normalized spacial score (nSPS) is 12.7. The predicted molar refractivity (Wildman–Crippen MR) is 106 cm³/mol. The summed E-state index contributed by atoms with van der Waals surface area (Å²) in [6.07, 6.45) is 4.16. The van der Waals surface area contributed by atoms with E-state index in [1.807, 2.05) is 55.4 Å². The molecule has 0 bridgehead atoms. The molecule has 1 aliphatic rings. The standard InChI is InChI=1S/C10H12O.C3H8.4C2H6/c1-2-4-9(5-3-1)6-7-10-8-11-10;1-3-2;4*1-2/h1-5,10H,6-8H2;3H2,1-2H3;4*1-2H3. The highest BCUT2D eigenvalue weighted by atomic mass is 16.6. The minimum Gasteiger partial charge on any atom is -0.373 e. The quantitative estimate of drug-likeness (QED) is 0.525. The van der Waals surface area contributed by atoms with Crippen LogP contribution in [0.1, 0.15) is 87.6 Å². The third kappa shape index (κ3) is 27.5. The lowest BCUT2D eigenvalue weighted by atomic mass is 10.1. The summed E-state index contributed by atoms with van der Waals surface area (Å²) >= 11 is 0. The van der Waals surface area contributed by atoms with Crippen molar-refractivity contribution in [2.45, 2.75) is 94.6 Å². The number of hydrogen-bond acceptors (Lipinski definition) is 1. The summed E-state index contributed by atoms with van der Waals surface area (Å²) in [4.78, 5) is 0. The SMILES string of the molecule is CC.CC.CC.CC.CCC.c1ccc(CCC2CO2)cc1. The summed E-state index contributed by atoms with van der Waals surface area (Å²) < 4.78 is 5.13. The van der Waals surface area contributed by atoms with Gasteiger partial charge in [0.15, 0.2) is 0 Å². The van der Waals surface area contributed by atoms with Gasteiger partial charge in [0.1, 0.15) is 0 Å². The number of rotatable bonds is 3. The molecule has 0 N–H and O–H groups in total. The summed E-state index contributed by atoms with van der Waals surface area (Å²) in [5, 5.41) is 0. The highest BCUT2D eigenvalue weighted by Gasteiger charge is 2.21. The maximum atomic E-state index is 5.13. The number of benzene rings is 1. The summed E-state index contributed by atoms with van der Waals surface area (Å²) in [5.74, 6) is 0. The van der Waals surface area contributed by atoms with Gasteiger partial charge < -0.3 is 4.74 Å². The van der Waals surface area contributed by atoms with E-state index in [4.69, 9.17) is 4.74 Å². The van der Waals surface area contributed by atoms with E-state index in [2.05, 4.69) is 44.2 Å². The lowest BCUT2D eigenvalue weighted by Gasteiger charge is -1.96. The first-order chi connectivity index (χ1) is 10.9. The van der Waals surface area contributed by atoms with E-state index >= 15 is 0 Å². The van der Waals surface area contributed by atoms with Gasteiger partial charge in [0.25, 0.3) is 0 Å². The minimum atomic E-state index is 0.565. The largest absolute Gasteiger partial charge is 0.373 e. The van der Waals surface area contributed by atoms with Crippen molar-refractivity contribution in [3.8, 4) is 0 Å². The Morgan fingerprint density at radius 2 is 1.18 bits per heavy atom. The minimum absolute atomic E-state index is 0.565. The van der Waals surface area contributed by atoms with Gasteiger partial charge in [-0.3, -0.25) is 0 Å². The molecule has 1 unspecified atom stereocenters. The highest BCUT2D eigenvalue weighted by molar-refractivity contribution is 5.14. The third-order valence-corrected chi connectivity index (χ3v) is 2.00. The molecule has 1 atom stereocenters. The van der Waals surface area contributed by atoms with E-state index in [0.717, 1.165) is 13.0 Å². The number of aryl methyl sites for hydroxylation is 1. The van der Waals surface area contributed by atoms with Crippen molar-refractivity contribution in [1.29, 1.82) is 0 Å². The first-order valence-corrected chi connectivity index (χ1v) is 9.52. The van der Waals surface area contributed by atoms with Crippen molar-refractivity contribution in [2.24, 2.45) is 0 Å². The second-order valence-electron chi connectivity index (χ2n) is 3.69.